The zero-order chi connectivity index (χ0) is 14.2. The van der Waals surface area contributed by atoms with Crippen molar-refractivity contribution in [2.45, 2.75) is 26.4 Å². The van der Waals surface area contributed by atoms with Crippen LogP contribution in [0.2, 0.25) is 0 Å². The SMILES string of the molecule is COC(=O)CCN(C)S(=O)(=O)NCCOC(C)C. The molecule has 7 nitrogen and oxygen atoms in total. The highest BCUT2D eigenvalue weighted by molar-refractivity contribution is 7.87. The van der Waals surface area contributed by atoms with E-state index in [1.54, 1.807) is 0 Å². The standard InChI is InChI=1S/C10H22N2O5S/c1-9(2)17-8-6-11-18(14,15)12(3)7-5-10(13)16-4/h9,11H,5-8H2,1-4H3. The van der Waals surface area contributed by atoms with E-state index in [2.05, 4.69) is 9.46 Å². The number of esters is 1. The third kappa shape index (κ3) is 7.59. The van der Waals surface area contributed by atoms with Crippen LogP contribution in [0.5, 0.6) is 0 Å². The Morgan fingerprint density at radius 3 is 2.50 bits per heavy atom. The van der Waals surface area contributed by atoms with Gasteiger partial charge >= 0.3 is 5.97 Å². The zero-order valence-electron chi connectivity index (χ0n) is 11.3. The van der Waals surface area contributed by atoms with Gasteiger partial charge in [-0.15, -0.1) is 0 Å². The molecule has 18 heavy (non-hydrogen) atoms. The minimum Gasteiger partial charge on any atom is -0.469 e. The third-order valence-electron chi connectivity index (χ3n) is 2.11. The van der Waals surface area contributed by atoms with E-state index in [1.165, 1.54) is 14.2 Å². The van der Waals surface area contributed by atoms with Crippen LogP contribution in [-0.4, -0.2) is 58.7 Å². The van der Waals surface area contributed by atoms with Crippen molar-refractivity contribution < 1.29 is 22.7 Å². The molecule has 108 valence electrons. The van der Waals surface area contributed by atoms with Crippen molar-refractivity contribution in [1.29, 1.82) is 0 Å². The van der Waals surface area contributed by atoms with E-state index in [1.807, 2.05) is 13.8 Å². The number of rotatable bonds is 9. The molecule has 8 heteroatoms. The van der Waals surface area contributed by atoms with Crippen LogP contribution >= 0.6 is 0 Å². The van der Waals surface area contributed by atoms with E-state index >= 15 is 0 Å². The van der Waals surface area contributed by atoms with Crippen molar-refractivity contribution in [2.24, 2.45) is 0 Å². The second kappa shape index (κ2) is 8.41. The summed E-state index contributed by atoms with van der Waals surface area (Å²) >= 11 is 0. The lowest BCUT2D eigenvalue weighted by molar-refractivity contribution is -0.140. The quantitative estimate of drug-likeness (QED) is 0.465. The number of nitrogens with one attached hydrogen (secondary N) is 1. The van der Waals surface area contributed by atoms with Crippen molar-refractivity contribution >= 4 is 16.2 Å². The maximum absolute atomic E-state index is 11.7. The van der Waals surface area contributed by atoms with Gasteiger partial charge in [-0.2, -0.15) is 17.4 Å². The molecule has 0 aliphatic carbocycles. The lowest BCUT2D eigenvalue weighted by Crippen LogP contribution is -2.40. The van der Waals surface area contributed by atoms with Crippen molar-refractivity contribution in [2.75, 3.05) is 33.9 Å². The lowest BCUT2D eigenvalue weighted by atomic mass is 10.4. The number of ether oxygens (including phenoxy) is 2. The summed E-state index contributed by atoms with van der Waals surface area (Å²) in [4.78, 5) is 10.9. The van der Waals surface area contributed by atoms with Gasteiger partial charge < -0.3 is 9.47 Å². The topological polar surface area (TPSA) is 84.9 Å². The minimum atomic E-state index is -3.57. The van der Waals surface area contributed by atoms with Gasteiger partial charge in [-0.05, 0) is 13.8 Å². The molecule has 0 bridgehead atoms. The van der Waals surface area contributed by atoms with E-state index in [4.69, 9.17) is 4.74 Å². The second-order valence-electron chi connectivity index (χ2n) is 3.97. The van der Waals surface area contributed by atoms with Crippen molar-refractivity contribution in [1.82, 2.24) is 9.03 Å². The summed E-state index contributed by atoms with van der Waals surface area (Å²) < 4.78 is 36.5. The highest BCUT2D eigenvalue weighted by Gasteiger charge is 2.17. The largest absolute Gasteiger partial charge is 0.469 e. The molecule has 0 saturated carbocycles. The number of methoxy groups -OCH3 is 1. The van der Waals surface area contributed by atoms with Gasteiger partial charge in [0.15, 0.2) is 0 Å². The Labute approximate surface area is 109 Å². The number of hydrogen-bond acceptors (Lipinski definition) is 5. The molecule has 0 aliphatic rings. The summed E-state index contributed by atoms with van der Waals surface area (Å²) in [6.07, 6.45) is 0.0858. The Kier molecular flexibility index (Phi) is 8.08. The van der Waals surface area contributed by atoms with Gasteiger partial charge in [-0.25, -0.2) is 0 Å². The molecule has 0 spiro atoms. The molecule has 0 aromatic rings. The van der Waals surface area contributed by atoms with Gasteiger partial charge in [0.2, 0.25) is 0 Å². The summed E-state index contributed by atoms with van der Waals surface area (Å²) in [5.41, 5.74) is 0. The Hall–Kier alpha value is -0.700. The maximum Gasteiger partial charge on any atom is 0.306 e. The molecule has 0 aromatic heterocycles. The van der Waals surface area contributed by atoms with Crippen molar-refractivity contribution in [3.05, 3.63) is 0 Å². The van der Waals surface area contributed by atoms with Crippen LogP contribution in [-0.2, 0) is 24.5 Å². The van der Waals surface area contributed by atoms with Crippen LogP contribution in [0.4, 0.5) is 0 Å². The summed E-state index contributed by atoms with van der Waals surface area (Å²) in [6, 6.07) is 0. The first-order valence-electron chi connectivity index (χ1n) is 5.69. The molecule has 0 saturated heterocycles. The molecule has 0 rings (SSSR count). The summed E-state index contributed by atoms with van der Waals surface area (Å²) in [5, 5.41) is 0. The molecule has 0 heterocycles. The van der Waals surface area contributed by atoms with Crippen LogP contribution in [0.25, 0.3) is 0 Å². The Bertz CT molecular complexity index is 342. The van der Waals surface area contributed by atoms with Gasteiger partial charge in [0, 0.05) is 20.1 Å². The Balaban J connectivity index is 4.00. The highest BCUT2D eigenvalue weighted by Crippen LogP contribution is 1.97. The molecule has 0 aliphatic heterocycles. The summed E-state index contributed by atoms with van der Waals surface area (Å²) in [5.74, 6) is -0.444. The smallest absolute Gasteiger partial charge is 0.306 e. The fourth-order valence-corrected chi connectivity index (χ4v) is 1.94. The van der Waals surface area contributed by atoms with Gasteiger partial charge in [0.05, 0.1) is 26.2 Å². The minimum absolute atomic E-state index is 0.0242. The monoisotopic (exact) mass is 282 g/mol. The predicted octanol–water partition coefficient (Wildman–Crippen LogP) is -0.259. The lowest BCUT2D eigenvalue weighted by Gasteiger charge is -2.17. The van der Waals surface area contributed by atoms with Gasteiger partial charge in [0.1, 0.15) is 0 Å². The average Bonchev–Trinajstić information content (AvgIpc) is 2.30. The number of nitrogens with zero attached hydrogens (tertiary/aromatic N) is 1. The number of carbonyl (C=O) groups excluding carboxylic acids is 1. The summed E-state index contributed by atoms with van der Waals surface area (Å²) in [7, 11) is -0.907. The van der Waals surface area contributed by atoms with E-state index in [-0.39, 0.29) is 25.6 Å². The Morgan fingerprint density at radius 1 is 1.39 bits per heavy atom. The van der Waals surface area contributed by atoms with Crippen molar-refractivity contribution in [3.63, 3.8) is 0 Å². The highest BCUT2D eigenvalue weighted by atomic mass is 32.2. The van der Waals surface area contributed by atoms with E-state index in [9.17, 15) is 13.2 Å². The molecule has 0 aromatic carbocycles. The first-order chi connectivity index (χ1) is 8.29. The fraction of sp³-hybridized carbons (Fsp3) is 0.900. The van der Waals surface area contributed by atoms with E-state index < -0.39 is 16.2 Å². The van der Waals surface area contributed by atoms with Gasteiger partial charge in [-0.1, -0.05) is 0 Å². The predicted molar refractivity (Wildman–Crippen MR) is 67.3 cm³/mol. The average molecular weight is 282 g/mol. The second-order valence-corrected chi connectivity index (χ2v) is 5.83. The molecule has 0 radical (unpaired) electrons. The van der Waals surface area contributed by atoms with Crippen LogP contribution in [0, 0.1) is 0 Å². The molecule has 1 N–H and O–H groups in total. The molecule has 0 atom stereocenters. The first-order valence-corrected chi connectivity index (χ1v) is 7.13. The first kappa shape index (κ1) is 17.3. The maximum atomic E-state index is 11.7. The Morgan fingerprint density at radius 2 is 2.00 bits per heavy atom. The molecular formula is C10H22N2O5S. The molecular weight excluding hydrogens is 260 g/mol. The van der Waals surface area contributed by atoms with Crippen LogP contribution in [0.15, 0.2) is 0 Å². The molecule has 0 unspecified atom stereocenters. The zero-order valence-corrected chi connectivity index (χ0v) is 12.1. The van der Waals surface area contributed by atoms with Gasteiger partial charge in [0.25, 0.3) is 10.2 Å². The fourth-order valence-electron chi connectivity index (χ4n) is 1.05. The van der Waals surface area contributed by atoms with Gasteiger partial charge in [-0.3, -0.25) is 4.79 Å². The van der Waals surface area contributed by atoms with Crippen LogP contribution in [0.3, 0.4) is 0 Å². The molecule has 0 fully saturated rings. The van der Waals surface area contributed by atoms with E-state index in [0.29, 0.717) is 6.61 Å². The number of hydrogen-bond donors (Lipinski definition) is 1. The molecule has 0 amide bonds. The summed E-state index contributed by atoms with van der Waals surface area (Å²) in [6.45, 7) is 4.33. The normalized spacial score (nSPS) is 12.1. The third-order valence-corrected chi connectivity index (χ3v) is 3.68. The van der Waals surface area contributed by atoms with Crippen LogP contribution in [0.1, 0.15) is 20.3 Å². The van der Waals surface area contributed by atoms with E-state index in [0.717, 1.165) is 4.31 Å². The van der Waals surface area contributed by atoms with Crippen molar-refractivity contribution in [3.8, 4) is 0 Å². The van der Waals surface area contributed by atoms with Crippen LogP contribution < -0.4 is 4.72 Å². The number of carbonyl (C=O) groups is 1.